The quantitative estimate of drug-likeness (QED) is 0.104. The van der Waals surface area contributed by atoms with Crippen LogP contribution in [0.5, 0.6) is 0 Å². The molecule has 0 bridgehead atoms. The minimum atomic E-state index is -1.06. The molecule has 0 aliphatic carbocycles. The van der Waals surface area contributed by atoms with Crippen LogP contribution in [-0.2, 0) is 18.9 Å². The second-order valence-electron chi connectivity index (χ2n) is 15.6. The summed E-state index contributed by atoms with van der Waals surface area (Å²) >= 11 is 6.75. The number of anilines is 1. The molecule has 3 aromatic heterocycles. The summed E-state index contributed by atoms with van der Waals surface area (Å²) in [4.78, 5) is 42.2. The number of aromatic amines is 1. The number of hydrogen-bond donors (Lipinski definition) is 1. The van der Waals surface area contributed by atoms with Crippen LogP contribution in [-0.4, -0.2) is 98.8 Å². The van der Waals surface area contributed by atoms with Crippen LogP contribution in [0.4, 0.5) is 20.1 Å². The molecule has 0 spiro atoms. The van der Waals surface area contributed by atoms with E-state index in [1.807, 2.05) is 88.3 Å². The fourth-order valence-corrected chi connectivity index (χ4v) is 5.05. The van der Waals surface area contributed by atoms with Crippen molar-refractivity contribution in [2.24, 2.45) is 0 Å². The molecular formula is C43H65Br2N7O7. The summed E-state index contributed by atoms with van der Waals surface area (Å²) in [7, 11) is 4.02. The van der Waals surface area contributed by atoms with Gasteiger partial charge in [0, 0.05) is 51.9 Å². The normalized spacial score (nSPS) is 10.8. The molecule has 1 N–H and O–H groups in total. The fourth-order valence-electron chi connectivity index (χ4n) is 4.29. The Morgan fingerprint density at radius 2 is 1.17 bits per heavy atom. The van der Waals surface area contributed by atoms with Gasteiger partial charge in [0.25, 0.3) is 0 Å². The molecule has 0 saturated carbocycles. The Labute approximate surface area is 367 Å². The maximum atomic E-state index is 11.9. The van der Waals surface area contributed by atoms with Crippen molar-refractivity contribution in [2.75, 3.05) is 38.6 Å². The average molecular weight is 952 g/mol. The summed E-state index contributed by atoms with van der Waals surface area (Å²) in [5, 5.41) is 12.8. The molecule has 0 amide bonds. The topological polar surface area (TPSA) is 154 Å². The zero-order valence-corrected chi connectivity index (χ0v) is 39.5. The van der Waals surface area contributed by atoms with E-state index in [0.29, 0.717) is 0 Å². The Morgan fingerprint density at radius 1 is 0.695 bits per heavy atom. The van der Waals surface area contributed by atoms with Crippen LogP contribution < -0.4 is 4.90 Å². The summed E-state index contributed by atoms with van der Waals surface area (Å²) < 4.78 is 22.4. The van der Waals surface area contributed by atoms with Gasteiger partial charge in [0.05, 0.1) is 23.4 Å². The number of fused-ring (bicyclic) bond motifs is 2. The molecule has 0 aliphatic rings. The lowest BCUT2D eigenvalue weighted by Gasteiger charge is -2.20. The van der Waals surface area contributed by atoms with Crippen LogP contribution in [0.15, 0.2) is 82.3 Å². The molecule has 328 valence electrons. The first-order valence-corrected chi connectivity index (χ1v) is 20.3. The van der Waals surface area contributed by atoms with Crippen molar-refractivity contribution in [3.8, 4) is 0 Å². The van der Waals surface area contributed by atoms with Gasteiger partial charge in [-0.15, -0.1) is 0 Å². The third-order valence-corrected chi connectivity index (χ3v) is 7.95. The number of nitrogens with one attached hydrogen (secondary N) is 1. The minimum Gasteiger partial charge on any atom is -0.442 e. The van der Waals surface area contributed by atoms with Gasteiger partial charge in [-0.2, -0.15) is 14.9 Å². The van der Waals surface area contributed by atoms with E-state index in [2.05, 4.69) is 82.5 Å². The number of benzene rings is 2. The average Bonchev–Trinajstić information content (AvgIpc) is 3.75. The summed E-state index contributed by atoms with van der Waals surface area (Å²) in [5.74, 6) is 0. The van der Waals surface area contributed by atoms with Gasteiger partial charge in [0.15, 0.2) is 0 Å². The van der Waals surface area contributed by atoms with Crippen LogP contribution in [0.1, 0.15) is 90.5 Å². The summed E-state index contributed by atoms with van der Waals surface area (Å²) in [5.41, 5.74) is 1.08. The first kappa shape index (κ1) is 54.5. The van der Waals surface area contributed by atoms with Crippen LogP contribution in [0, 0.1) is 0 Å². The van der Waals surface area contributed by atoms with E-state index in [-0.39, 0.29) is 7.43 Å². The third kappa shape index (κ3) is 23.6. The number of ether oxygens (including phenoxy) is 4. The highest BCUT2D eigenvalue weighted by atomic mass is 79.9. The van der Waals surface area contributed by atoms with E-state index in [4.69, 9.17) is 14.2 Å². The van der Waals surface area contributed by atoms with Gasteiger partial charge in [-0.05, 0) is 130 Å². The lowest BCUT2D eigenvalue weighted by molar-refractivity contribution is -0.0294. The van der Waals surface area contributed by atoms with Crippen molar-refractivity contribution >= 4 is 77.8 Å². The largest absolute Gasteiger partial charge is 0.519 e. The summed E-state index contributed by atoms with van der Waals surface area (Å²) in [6.07, 6.45) is 4.44. The summed E-state index contributed by atoms with van der Waals surface area (Å²) in [6, 6.07) is 15.6. The summed E-state index contributed by atoms with van der Waals surface area (Å²) in [6.45, 7) is 25.6. The number of rotatable bonds is 4. The van der Waals surface area contributed by atoms with Crippen molar-refractivity contribution in [2.45, 2.75) is 107 Å². The number of carbonyl (C=O) groups is 3. The Balaban J connectivity index is 0.000000735. The van der Waals surface area contributed by atoms with Crippen molar-refractivity contribution in [1.29, 1.82) is 0 Å². The number of pyridine rings is 1. The molecule has 5 rings (SSSR count). The lowest BCUT2D eigenvalue weighted by atomic mass is 10.2. The molecule has 0 aliphatic heterocycles. The molecule has 59 heavy (non-hydrogen) atoms. The first-order chi connectivity index (χ1) is 26.9. The highest BCUT2D eigenvalue weighted by Gasteiger charge is 2.24. The van der Waals surface area contributed by atoms with E-state index in [9.17, 15) is 14.4 Å². The fraction of sp³-hybridized carbons (Fsp3) is 0.488. The lowest BCUT2D eigenvalue weighted by Crippen LogP contribution is -2.29. The Bertz CT molecular complexity index is 1950. The predicted octanol–water partition coefficient (Wildman–Crippen LogP) is 11.9. The number of carbonyl (C=O) groups excluding carboxylic acids is 3. The molecule has 14 nitrogen and oxygen atoms in total. The number of nitrogens with zero attached hydrogens (tertiary/aromatic N) is 6. The van der Waals surface area contributed by atoms with Gasteiger partial charge in [0.1, 0.15) is 16.8 Å². The SMILES string of the molecule is Brc1ccc2[nH]ncc2c1.C.CC(C)(C)OC(=O)OC(=O)OC(C)(C)C.CC(C)(C)OC(=O)n1ncc2cc(Br)ccc21.CCN(CC)CC.CN(C)c1ccncc1. The first-order valence-electron chi connectivity index (χ1n) is 18.8. The van der Waals surface area contributed by atoms with Crippen LogP contribution in [0.3, 0.4) is 0 Å². The van der Waals surface area contributed by atoms with Crippen LogP contribution in [0.2, 0.25) is 0 Å². The third-order valence-electron chi connectivity index (χ3n) is 6.97. The predicted molar refractivity (Wildman–Crippen MR) is 245 cm³/mol. The smallest absolute Gasteiger partial charge is 0.442 e. The second kappa shape index (κ2) is 25.8. The van der Waals surface area contributed by atoms with Gasteiger partial charge >= 0.3 is 18.4 Å². The van der Waals surface area contributed by atoms with Crippen molar-refractivity contribution in [3.63, 3.8) is 0 Å². The maximum absolute atomic E-state index is 11.9. The molecule has 5 aromatic rings. The molecule has 3 heterocycles. The van der Waals surface area contributed by atoms with Crippen molar-refractivity contribution < 1.29 is 33.3 Å². The molecule has 0 unspecified atom stereocenters. The maximum Gasteiger partial charge on any atom is 0.519 e. The van der Waals surface area contributed by atoms with E-state index in [0.717, 1.165) is 30.8 Å². The molecule has 0 radical (unpaired) electrons. The van der Waals surface area contributed by atoms with Gasteiger partial charge < -0.3 is 28.7 Å². The Morgan fingerprint density at radius 3 is 1.59 bits per heavy atom. The van der Waals surface area contributed by atoms with Gasteiger partial charge in [0.2, 0.25) is 0 Å². The number of aromatic nitrogens is 5. The number of H-pyrrole nitrogens is 1. The standard InChI is InChI=1S/C12H13BrN2O2.C10H18O5.C7H5BrN2.C7H10N2.C6H15N.CH4/c1-12(2,3)17-11(16)15-10-5-4-9(13)6-8(10)7-14-15;1-9(2,3)14-7(11)13-8(12)15-10(4,5)6;8-6-1-2-7-5(3-6)4-9-10-7;1-9(2)7-3-5-8-6-4-7;1-4-7(5-2)6-3;/h4-7H,1-3H3;1-6H3;1-4H,(H,9,10);3-6H,1-2H3;4-6H2,1-3H3;1H4. The minimum absolute atomic E-state index is 0. The van der Waals surface area contributed by atoms with Gasteiger partial charge in [-0.1, -0.05) is 60.1 Å². The van der Waals surface area contributed by atoms with Crippen molar-refractivity contribution in [3.05, 3.63) is 82.3 Å². The number of halogens is 2. The van der Waals surface area contributed by atoms with Crippen LogP contribution in [0.25, 0.3) is 21.8 Å². The number of hydrogen-bond acceptors (Lipinski definition) is 12. The van der Waals surface area contributed by atoms with Gasteiger partial charge in [-0.25, -0.2) is 14.4 Å². The second-order valence-corrected chi connectivity index (χ2v) is 17.4. The van der Waals surface area contributed by atoms with Crippen LogP contribution >= 0.6 is 31.9 Å². The molecule has 16 heteroatoms. The highest BCUT2D eigenvalue weighted by Crippen LogP contribution is 2.21. The van der Waals surface area contributed by atoms with E-state index in [1.54, 1.807) is 66.3 Å². The molecule has 0 fully saturated rings. The molecule has 0 atom stereocenters. The Kier molecular flexibility index (Phi) is 23.8. The molecular weight excluding hydrogens is 886 g/mol. The monoisotopic (exact) mass is 949 g/mol. The highest BCUT2D eigenvalue weighted by molar-refractivity contribution is 9.10. The molecule has 0 saturated heterocycles. The Hall–Kier alpha value is -4.54. The zero-order chi connectivity index (χ0) is 44.3. The van der Waals surface area contributed by atoms with E-state index >= 15 is 0 Å². The van der Waals surface area contributed by atoms with Gasteiger partial charge in [-0.3, -0.25) is 10.1 Å². The van der Waals surface area contributed by atoms with E-state index < -0.39 is 35.2 Å². The molecule has 2 aromatic carbocycles. The van der Waals surface area contributed by atoms with E-state index in [1.165, 1.54) is 30.0 Å². The zero-order valence-electron chi connectivity index (χ0n) is 36.3. The van der Waals surface area contributed by atoms with Crippen molar-refractivity contribution in [1.82, 2.24) is 29.9 Å².